The number of nitrogens with one attached hydrogen (secondary N) is 1. The van der Waals surface area contributed by atoms with Crippen molar-refractivity contribution in [2.45, 2.75) is 31.4 Å². The van der Waals surface area contributed by atoms with Gasteiger partial charge in [0.15, 0.2) is 5.41 Å². The maximum atomic E-state index is 13.5. The zero-order valence-electron chi connectivity index (χ0n) is 17.7. The molecule has 0 radical (unpaired) electrons. The minimum atomic E-state index is -4.73. The molecule has 2 aromatic rings. The summed E-state index contributed by atoms with van der Waals surface area (Å²) in [5.74, 6) is -3.28. The molecule has 0 fully saturated rings. The number of nitrogens with zero attached hydrogens (tertiary/aromatic N) is 2. The van der Waals surface area contributed by atoms with Crippen LogP contribution in [0.25, 0.3) is 0 Å². The van der Waals surface area contributed by atoms with Crippen LogP contribution in [0.3, 0.4) is 0 Å². The van der Waals surface area contributed by atoms with Gasteiger partial charge in [0.1, 0.15) is 0 Å². The predicted molar refractivity (Wildman–Crippen MR) is 110 cm³/mol. The highest BCUT2D eigenvalue weighted by Crippen LogP contribution is 2.49. The standard InChI is InChI=1S/C24H18F3N3O3/c1-3-33-22(32)23(17-5-4-6-18(11-17)24(25,26)27)20(16-9-7-15(12-28)8-10-16)19(13-29)14(2)30-21(23)31/h4-11,20H,3H2,1-2H3,(H,30,31). The van der Waals surface area contributed by atoms with Crippen molar-refractivity contribution in [1.29, 1.82) is 10.5 Å². The van der Waals surface area contributed by atoms with Crippen LogP contribution in [0, 0.1) is 22.7 Å². The number of rotatable bonds is 4. The van der Waals surface area contributed by atoms with Crippen molar-refractivity contribution in [1.82, 2.24) is 5.32 Å². The molecule has 33 heavy (non-hydrogen) atoms. The van der Waals surface area contributed by atoms with Crippen molar-refractivity contribution in [3.8, 4) is 12.1 Å². The molecule has 1 aliphatic heterocycles. The molecule has 1 N–H and O–H groups in total. The van der Waals surface area contributed by atoms with Crippen LogP contribution in [0.15, 0.2) is 59.8 Å². The molecule has 1 amide bonds. The maximum Gasteiger partial charge on any atom is 0.416 e. The molecule has 0 saturated carbocycles. The van der Waals surface area contributed by atoms with E-state index >= 15 is 0 Å². The summed E-state index contributed by atoms with van der Waals surface area (Å²) in [6.45, 7) is 2.83. The van der Waals surface area contributed by atoms with Gasteiger partial charge in [-0.15, -0.1) is 0 Å². The molecule has 9 heteroatoms. The molecule has 3 rings (SSSR count). The highest BCUT2D eigenvalue weighted by atomic mass is 19.4. The van der Waals surface area contributed by atoms with Crippen LogP contribution in [-0.4, -0.2) is 18.5 Å². The zero-order valence-corrected chi connectivity index (χ0v) is 17.7. The van der Waals surface area contributed by atoms with Gasteiger partial charge in [0.05, 0.1) is 41.4 Å². The van der Waals surface area contributed by atoms with Crippen LogP contribution >= 0.6 is 0 Å². The minimum absolute atomic E-state index is 0.00947. The normalized spacial score (nSPS) is 20.5. The fourth-order valence-electron chi connectivity index (χ4n) is 4.03. The van der Waals surface area contributed by atoms with Crippen molar-refractivity contribution in [3.05, 3.63) is 82.1 Å². The fourth-order valence-corrected chi connectivity index (χ4v) is 4.03. The van der Waals surface area contributed by atoms with Gasteiger partial charge in [-0.25, -0.2) is 0 Å². The zero-order chi connectivity index (χ0) is 24.4. The van der Waals surface area contributed by atoms with E-state index in [0.29, 0.717) is 11.1 Å². The van der Waals surface area contributed by atoms with Crippen molar-refractivity contribution >= 4 is 11.9 Å². The monoisotopic (exact) mass is 453 g/mol. The summed E-state index contributed by atoms with van der Waals surface area (Å²) in [5.41, 5.74) is -2.88. The average molecular weight is 453 g/mol. The highest BCUT2D eigenvalue weighted by Gasteiger charge is 2.59. The first-order valence-corrected chi connectivity index (χ1v) is 9.88. The summed E-state index contributed by atoms with van der Waals surface area (Å²) in [6.07, 6.45) is -4.73. The Morgan fingerprint density at radius 2 is 1.82 bits per heavy atom. The van der Waals surface area contributed by atoms with E-state index in [1.54, 1.807) is 0 Å². The maximum absolute atomic E-state index is 13.5. The largest absolute Gasteiger partial charge is 0.465 e. The van der Waals surface area contributed by atoms with E-state index in [-0.39, 0.29) is 23.4 Å². The van der Waals surface area contributed by atoms with Gasteiger partial charge in [-0.1, -0.05) is 30.3 Å². The molecule has 0 bridgehead atoms. The minimum Gasteiger partial charge on any atom is -0.465 e. The summed E-state index contributed by atoms with van der Waals surface area (Å²) in [6, 6.07) is 13.6. The summed E-state index contributed by atoms with van der Waals surface area (Å²) in [7, 11) is 0. The van der Waals surface area contributed by atoms with Crippen LogP contribution in [0.5, 0.6) is 0 Å². The van der Waals surface area contributed by atoms with E-state index in [4.69, 9.17) is 10.00 Å². The second-order valence-electron chi connectivity index (χ2n) is 7.38. The molecule has 2 atom stereocenters. The lowest BCUT2D eigenvalue weighted by Gasteiger charge is -2.41. The Kier molecular flexibility index (Phi) is 6.28. The molecular formula is C24H18F3N3O3. The van der Waals surface area contributed by atoms with Gasteiger partial charge in [-0.2, -0.15) is 23.7 Å². The Bertz CT molecular complexity index is 1220. The first-order valence-electron chi connectivity index (χ1n) is 9.88. The van der Waals surface area contributed by atoms with Gasteiger partial charge in [0.2, 0.25) is 5.91 Å². The van der Waals surface area contributed by atoms with E-state index in [1.165, 1.54) is 44.2 Å². The lowest BCUT2D eigenvalue weighted by Crippen LogP contribution is -2.58. The number of hydrogen-bond acceptors (Lipinski definition) is 5. The first-order chi connectivity index (χ1) is 15.6. The topological polar surface area (TPSA) is 103 Å². The Morgan fingerprint density at radius 1 is 1.15 bits per heavy atom. The van der Waals surface area contributed by atoms with Crippen molar-refractivity contribution in [3.63, 3.8) is 0 Å². The molecule has 2 unspecified atom stereocenters. The molecule has 0 spiro atoms. The quantitative estimate of drug-likeness (QED) is 0.555. The molecule has 0 aromatic heterocycles. The lowest BCUT2D eigenvalue weighted by molar-refractivity contribution is -0.156. The van der Waals surface area contributed by atoms with Gasteiger partial charge in [0.25, 0.3) is 0 Å². The molecule has 0 aliphatic carbocycles. The number of allylic oxidation sites excluding steroid dienone is 2. The van der Waals surface area contributed by atoms with Crippen LogP contribution in [-0.2, 0) is 25.9 Å². The molecule has 2 aromatic carbocycles. The number of esters is 1. The predicted octanol–water partition coefficient (Wildman–Crippen LogP) is 4.09. The number of hydrogen-bond donors (Lipinski definition) is 1. The smallest absolute Gasteiger partial charge is 0.416 e. The Labute approximate surface area is 187 Å². The van der Waals surface area contributed by atoms with E-state index in [9.17, 15) is 28.0 Å². The summed E-state index contributed by atoms with van der Waals surface area (Å²) in [4.78, 5) is 26.9. The lowest BCUT2D eigenvalue weighted by atomic mass is 9.62. The summed E-state index contributed by atoms with van der Waals surface area (Å²) < 4.78 is 45.7. The van der Waals surface area contributed by atoms with Crippen molar-refractivity contribution < 1.29 is 27.5 Å². The van der Waals surface area contributed by atoms with Crippen LogP contribution in [0.1, 0.15) is 42.0 Å². The third-order valence-corrected chi connectivity index (χ3v) is 5.52. The Balaban J connectivity index is 2.43. The van der Waals surface area contributed by atoms with Gasteiger partial charge in [-0.3, -0.25) is 9.59 Å². The van der Waals surface area contributed by atoms with Crippen LogP contribution in [0.4, 0.5) is 13.2 Å². The van der Waals surface area contributed by atoms with Gasteiger partial charge < -0.3 is 10.1 Å². The highest BCUT2D eigenvalue weighted by molar-refractivity contribution is 6.12. The average Bonchev–Trinajstić information content (AvgIpc) is 2.78. The number of benzene rings is 2. The van der Waals surface area contributed by atoms with Crippen molar-refractivity contribution in [2.75, 3.05) is 6.61 Å². The Morgan fingerprint density at radius 3 is 2.36 bits per heavy atom. The molecule has 1 heterocycles. The third kappa shape index (κ3) is 3.94. The van der Waals surface area contributed by atoms with Crippen LogP contribution in [0.2, 0.25) is 0 Å². The van der Waals surface area contributed by atoms with Gasteiger partial charge in [0, 0.05) is 5.70 Å². The van der Waals surface area contributed by atoms with Crippen LogP contribution < -0.4 is 5.32 Å². The van der Waals surface area contributed by atoms with E-state index in [0.717, 1.165) is 18.2 Å². The Hall–Kier alpha value is -4.11. The molecule has 0 saturated heterocycles. The fraction of sp³-hybridized carbons (Fsp3) is 0.250. The third-order valence-electron chi connectivity index (χ3n) is 5.52. The SMILES string of the molecule is CCOC(=O)C1(c2cccc(C(F)(F)F)c2)C(=O)NC(C)=C(C#N)C1c1ccc(C#N)cc1. The second kappa shape index (κ2) is 8.79. The molecular weight excluding hydrogens is 435 g/mol. The van der Waals surface area contributed by atoms with Crippen molar-refractivity contribution in [2.24, 2.45) is 0 Å². The molecule has 6 nitrogen and oxygen atoms in total. The molecule has 1 aliphatic rings. The number of ether oxygens (including phenoxy) is 1. The van der Waals surface area contributed by atoms with Gasteiger partial charge in [-0.05, 0) is 43.2 Å². The number of carbonyl (C=O) groups excluding carboxylic acids is 2. The van der Waals surface area contributed by atoms with E-state index < -0.39 is 34.9 Å². The first kappa shape index (κ1) is 23.6. The second-order valence-corrected chi connectivity index (χ2v) is 7.38. The number of carbonyl (C=O) groups is 2. The van der Waals surface area contributed by atoms with E-state index in [1.807, 2.05) is 12.1 Å². The van der Waals surface area contributed by atoms with E-state index in [2.05, 4.69) is 5.32 Å². The van der Waals surface area contributed by atoms with Gasteiger partial charge >= 0.3 is 12.1 Å². The summed E-state index contributed by atoms with van der Waals surface area (Å²) >= 11 is 0. The number of halogens is 3. The number of alkyl halides is 3. The molecule has 168 valence electrons. The summed E-state index contributed by atoms with van der Waals surface area (Å²) in [5, 5.41) is 21.5. The number of amides is 1. The number of nitriles is 2.